The van der Waals surface area contributed by atoms with Gasteiger partial charge in [-0.3, -0.25) is 4.99 Å². The number of hydrogen-bond donors (Lipinski definition) is 2. The van der Waals surface area contributed by atoms with Crippen LogP contribution in [-0.2, 0) is 0 Å². The summed E-state index contributed by atoms with van der Waals surface area (Å²) >= 11 is 2.07. The minimum atomic E-state index is 0.770. The van der Waals surface area contributed by atoms with Gasteiger partial charge in [-0.1, -0.05) is 6.92 Å². The van der Waals surface area contributed by atoms with Crippen LogP contribution in [0.3, 0.4) is 0 Å². The molecule has 1 atom stereocenters. The number of nitrogens with one attached hydrogen (secondary N) is 2. The maximum atomic E-state index is 4.24. The quantitative estimate of drug-likeness (QED) is 0.551. The van der Waals surface area contributed by atoms with Gasteiger partial charge in [-0.25, -0.2) is 0 Å². The average molecular weight is 258 g/mol. The van der Waals surface area contributed by atoms with E-state index in [1.807, 2.05) is 7.05 Å². The highest BCUT2D eigenvalue weighted by Crippen LogP contribution is 2.25. The van der Waals surface area contributed by atoms with Crippen molar-refractivity contribution in [3.8, 4) is 0 Å². The Kier molecular flexibility index (Phi) is 7.44. The minimum absolute atomic E-state index is 0.770. The summed E-state index contributed by atoms with van der Waals surface area (Å²) in [6.07, 6.45) is 2.71. The first-order chi connectivity index (χ1) is 8.26. The molecule has 0 aliphatic carbocycles. The Bertz CT molecular complexity index is 227. The number of likely N-dealkylation sites (N-methyl/N-ethyl adjacent to an activating group) is 1. The van der Waals surface area contributed by atoms with Gasteiger partial charge in [0, 0.05) is 31.9 Å². The van der Waals surface area contributed by atoms with Crippen LogP contribution in [-0.4, -0.2) is 62.1 Å². The fourth-order valence-electron chi connectivity index (χ4n) is 1.76. The molecule has 100 valence electrons. The Balaban J connectivity index is 2.11. The molecule has 0 aromatic rings. The molecule has 0 saturated carbocycles. The van der Waals surface area contributed by atoms with Gasteiger partial charge in [0.25, 0.3) is 0 Å². The molecule has 1 fully saturated rings. The number of thioether (sulfide) groups is 1. The zero-order chi connectivity index (χ0) is 12.5. The Morgan fingerprint density at radius 1 is 1.47 bits per heavy atom. The summed E-state index contributed by atoms with van der Waals surface area (Å²) in [5.74, 6) is 2.25. The van der Waals surface area contributed by atoms with Crippen molar-refractivity contribution in [1.29, 1.82) is 0 Å². The molecule has 0 spiro atoms. The highest BCUT2D eigenvalue weighted by Gasteiger charge is 2.15. The fourth-order valence-corrected chi connectivity index (χ4v) is 2.96. The van der Waals surface area contributed by atoms with Crippen LogP contribution in [0.2, 0.25) is 0 Å². The first kappa shape index (κ1) is 14.6. The molecule has 17 heavy (non-hydrogen) atoms. The summed E-state index contributed by atoms with van der Waals surface area (Å²) < 4.78 is 0. The summed E-state index contributed by atoms with van der Waals surface area (Å²) in [6.45, 7) is 6.29. The molecule has 4 nitrogen and oxygen atoms in total. The lowest BCUT2D eigenvalue weighted by Crippen LogP contribution is -2.42. The lowest BCUT2D eigenvalue weighted by Gasteiger charge is -2.17. The van der Waals surface area contributed by atoms with Gasteiger partial charge in [-0.15, -0.1) is 0 Å². The standard InChI is InChI=1S/C12H26N4S/c1-4-16(3)8-7-14-12(13-2)15-10-11-6-5-9-17-11/h11H,4-10H2,1-3H3,(H2,13,14,15). The second kappa shape index (κ2) is 8.64. The van der Waals surface area contributed by atoms with Crippen molar-refractivity contribution >= 4 is 17.7 Å². The second-order valence-electron chi connectivity index (χ2n) is 4.41. The first-order valence-electron chi connectivity index (χ1n) is 6.51. The van der Waals surface area contributed by atoms with E-state index >= 15 is 0 Å². The summed E-state index contributed by atoms with van der Waals surface area (Å²) in [7, 11) is 3.97. The molecule has 1 saturated heterocycles. The van der Waals surface area contributed by atoms with Crippen LogP contribution in [0.5, 0.6) is 0 Å². The molecule has 1 aliphatic rings. The Labute approximate surface area is 110 Å². The molecular formula is C12H26N4S. The third-order valence-electron chi connectivity index (χ3n) is 3.07. The monoisotopic (exact) mass is 258 g/mol. The average Bonchev–Trinajstić information content (AvgIpc) is 2.86. The molecule has 1 rings (SSSR count). The van der Waals surface area contributed by atoms with Gasteiger partial charge in [0.15, 0.2) is 5.96 Å². The van der Waals surface area contributed by atoms with E-state index in [0.29, 0.717) is 0 Å². The van der Waals surface area contributed by atoms with Crippen molar-refractivity contribution in [2.24, 2.45) is 4.99 Å². The van der Waals surface area contributed by atoms with Crippen molar-refractivity contribution in [3.63, 3.8) is 0 Å². The van der Waals surface area contributed by atoms with Gasteiger partial charge in [0.2, 0.25) is 0 Å². The van der Waals surface area contributed by atoms with E-state index in [1.165, 1.54) is 18.6 Å². The van der Waals surface area contributed by atoms with Crippen LogP contribution >= 0.6 is 11.8 Å². The number of guanidine groups is 1. The molecule has 1 heterocycles. The maximum absolute atomic E-state index is 4.24. The molecule has 0 bridgehead atoms. The van der Waals surface area contributed by atoms with Gasteiger partial charge in [-0.05, 0) is 32.2 Å². The maximum Gasteiger partial charge on any atom is 0.191 e. The van der Waals surface area contributed by atoms with Crippen molar-refractivity contribution in [1.82, 2.24) is 15.5 Å². The van der Waals surface area contributed by atoms with Crippen LogP contribution in [0.4, 0.5) is 0 Å². The van der Waals surface area contributed by atoms with E-state index in [-0.39, 0.29) is 0 Å². The fraction of sp³-hybridized carbons (Fsp3) is 0.917. The van der Waals surface area contributed by atoms with Crippen LogP contribution in [0.1, 0.15) is 19.8 Å². The van der Waals surface area contributed by atoms with Gasteiger partial charge in [0.1, 0.15) is 0 Å². The lowest BCUT2D eigenvalue weighted by atomic mass is 10.2. The normalized spacial score (nSPS) is 20.9. The van der Waals surface area contributed by atoms with Crippen LogP contribution in [0.25, 0.3) is 0 Å². The zero-order valence-electron chi connectivity index (χ0n) is 11.3. The van der Waals surface area contributed by atoms with Gasteiger partial charge >= 0.3 is 0 Å². The molecule has 2 N–H and O–H groups in total. The zero-order valence-corrected chi connectivity index (χ0v) is 12.1. The third kappa shape index (κ3) is 6.17. The van der Waals surface area contributed by atoms with E-state index in [9.17, 15) is 0 Å². The van der Waals surface area contributed by atoms with Crippen LogP contribution in [0.15, 0.2) is 4.99 Å². The molecule has 0 aromatic carbocycles. The van der Waals surface area contributed by atoms with E-state index in [4.69, 9.17) is 0 Å². The predicted molar refractivity (Wildman–Crippen MR) is 78.0 cm³/mol. The summed E-state index contributed by atoms with van der Waals surface area (Å²) in [6, 6.07) is 0. The van der Waals surface area contributed by atoms with Gasteiger partial charge in [-0.2, -0.15) is 11.8 Å². The lowest BCUT2D eigenvalue weighted by molar-refractivity contribution is 0.357. The van der Waals surface area contributed by atoms with E-state index in [1.54, 1.807) is 0 Å². The highest BCUT2D eigenvalue weighted by atomic mass is 32.2. The summed E-state index contributed by atoms with van der Waals surface area (Å²) in [5, 5.41) is 7.52. The van der Waals surface area contributed by atoms with Crippen LogP contribution < -0.4 is 10.6 Å². The topological polar surface area (TPSA) is 39.7 Å². The largest absolute Gasteiger partial charge is 0.355 e. The SMILES string of the molecule is CCN(C)CCNC(=NC)NCC1CCCS1. The van der Waals surface area contributed by atoms with Crippen molar-refractivity contribution in [3.05, 3.63) is 0 Å². The van der Waals surface area contributed by atoms with Crippen molar-refractivity contribution in [2.45, 2.75) is 25.0 Å². The van der Waals surface area contributed by atoms with E-state index < -0.39 is 0 Å². The molecule has 1 unspecified atom stereocenters. The molecule has 0 amide bonds. The minimum Gasteiger partial charge on any atom is -0.355 e. The van der Waals surface area contributed by atoms with Gasteiger partial charge < -0.3 is 15.5 Å². The molecule has 5 heteroatoms. The van der Waals surface area contributed by atoms with Crippen LogP contribution in [0, 0.1) is 0 Å². The third-order valence-corrected chi connectivity index (χ3v) is 4.47. The van der Waals surface area contributed by atoms with Crippen molar-refractivity contribution in [2.75, 3.05) is 46.0 Å². The Morgan fingerprint density at radius 3 is 2.88 bits per heavy atom. The van der Waals surface area contributed by atoms with Gasteiger partial charge in [0.05, 0.1) is 0 Å². The predicted octanol–water partition coefficient (Wildman–Crippen LogP) is 0.999. The Hall–Kier alpha value is -0.420. The number of nitrogens with zero attached hydrogens (tertiary/aromatic N) is 2. The number of rotatable bonds is 6. The summed E-state index contributed by atoms with van der Waals surface area (Å²) in [5.41, 5.74) is 0. The molecule has 1 aliphatic heterocycles. The first-order valence-corrected chi connectivity index (χ1v) is 7.55. The van der Waals surface area contributed by atoms with E-state index in [0.717, 1.165) is 37.4 Å². The Morgan fingerprint density at radius 2 is 2.29 bits per heavy atom. The summed E-state index contributed by atoms with van der Waals surface area (Å²) in [4.78, 5) is 6.52. The number of hydrogen-bond acceptors (Lipinski definition) is 3. The molecular weight excluding hydrogens is 232 g/mol. The molecule has 0 radical (unpaired) electrons. The highest BCUT2D eigenvalue weighted by molar-refractivity contribution is 8.00. The second-order valence-corrected chi connectivity index (χ2v) is 5.82. The molecule has 0 aromatic heterocycles. The number of aliphatic imine (C=N–C) groups is 1. The van der Waals surface area contributed by atoms with Crippen molar-refractivity contribution < 1.29 is 0 Å². The smallest absolute Gasteiger partial charge is 0.191 e. The van der Waals surface area contributed by atoms with E-state index in [2.05, 4.69) is 46.3 Å².